The Balaban J connectivity index is 1.83. The number of nitrogens with one attached hydrogen (secondary N) is 1. The van der Waals surface area contributed by atoms with E-state index in [-0.39, 0.29) is 18.5 Å². The fourth-order valence-corrected chi connectivity index (χ4v) is 4.93. The Morgan fingerprint density at radius 3 is 2.37 bits per heavy atom. The molecule has 0 radical (unpaired) electrons. The highest BCUT2D eigenvalue weighted by molar-refractivity contribution is 7.89. The zero-order valence-corrected chi connectivity index (χ0v) is 20.0. The molecule has 0 aliphatic carbocycles. The molecule has 0 amide bonds. The number of nitrogens with zero attached hydrogens (tertiary/aromatic N) is 4. The van der Waals surface area contributed by atoms with Gasteiger partial charge in [0.2, 0.25) is 10.0 Å². The van der Waals surface area contributed by atoms with Crippen molar-refractivity contribution < 1.29 is 17.9 Å². The van der Waals surface area contributed by atoms with Crippen molar-refractivity contribution in [1.29, 1.82) is 0 Å². The molecule has 2 saturated heterocycles. The summed E-state index contributed by atoms with van der Waals surface area (Å²) in [6.07, 6.45) is 0.0431. The number of ether oxygens (including phenoxy) is 2. The number of aliphatic imine (C=N–C) groups is 1. The van der Waals surface area contributed by atoms with E-state index in [4.69, 9.17) is 14.5 Å². The minimum absolute atomic E-state index is 0.0401. The first-order valence-electron chi connectivity index (χ1n) is 11.2. The van der Waals surface area contributed by atoms with E-state index in [0.717, 1.165) is 51.9 Å². The molecule has 0 saturated carbocycles. The van der Waals surface area contributed by atoms with Crippen LogP contribution in [-0.2, 0) is 19.5 Å². The van der Waals surface area contributed by atoms with Crippen LogP contribution < -0.4 is 5.32 Å². The molecule has 176 valence electrons. The second-order valence-corrected chi connectivity index (χ2v) is 10.4. The molecule has 30 heavy (non-hydrogen) atoms. The predicted molar refractivity (Wildman–Crippen MR) is 120 cm³/mol. The third-order valence-electron chi connectivity index (χ3n) is 5.29. The molecule has 2 fully saturated rings. The number of guanidine groups is 1. The van der Waals surface area contributed by atoms with Crippen molar-refractivity contribution in [2.45, 2.75) is 33.8 Å². The van der Waals surface area contributed by atoms with E-state index in [1.165, 1.54) is 0 Å². The second-order valence-electron chi connectivity index (χ2n) is 8.33. The molecule has 0 aromatic carbocycles. The molecule has 2 rings (SSSR count). The van der Waals surface area contributed by atoms with Gasteiger partial charge in [-0.1, -0.05) is 6.92 Å². The third kappa shape index (κ3) is 8.66. The van der Waals surface area contributed by atoms with Gasteiger partial charge in [0.15, 0.2) is 5.96 Å². The first kappa shape index (κ1) is 25.3. The molecule has 1 N–H and O–H groups in total. The number of hydrogen-bond acceptors (Lipinski definition) is 6. The Morgan fingerprint density at radius 2 is 1.77 bits per heavy atom. The first-order valence-corrected chi connectivity index (χ1v) is 12.9. The van der Waals surface area contributed by atoms with Gasteiger partial charge in [-0.05, 0) is 26.7 Å². The predicted octanol–water partition coefficient (Wildman–Crippen LogP) is 0.293. The van der Waals surface area contributed by atoms with Crippen LogP contribution >= 0.6 is 0 Å². The molecule has 0 spiro atoms. The van der Waals surface area contributed by atoms with E-state index in [1.54, 1.807) is 4.31 Å². The van der Waals surface area contributed by atoms with Gasteiger partial charge in [-0.15, -0.1) is 0 Å². The van der Waals surface area contributed by atoms with Crippen LogP contribution in [0.1, 0.15) is 27.7 Å². The zero-order chi connectivity index (χ0) is 22.0. The quantitative estimate of drug-likeness (QED) is 0.381. The highest BCUT2D eigenvalue weighted by Gasteiger charge is 2.28. The number of sulfonamides is 1. The third-order valence-corrected chi connectivity index (χ3v) is 7.12. The van der Waals surface area contributed by atoms with Crippen molar-refractivity contribution in [3.05, 3.63) is 0 Å². The largest absolute Gasteiger partial charge is 0.379 e. The molecule has 0 aromatic heterocycles. The average Bonchev–Trinajstić information content (AvgIpc) is 2.71. The van der Waals surface area contributed by atoms with E-state index in [9.17, 15) is 8.42 Å². The molecular weight excluding hydrogens is 406 g/mol. The lowest BCUT2D eigenvalue weighted by molar-refractivity contribution is 0.0323. The number of piperazine rings is 1. The smallest absolute Gasteiger partial charge is 0.216 e. The summed E-state index contributed by atoms with van der Waals surface area (Å²) in [5, 5.41) is 3.37. The monoisotopic (exact) mass is 447 g/mol. The molecule has 1 atom stereocenters. The normalized spacial score (nSPS) is 21.2. The number of rotatable bonds is 10. The zero-order valence-electron chi connectivity index (χ0n) is 19.2. The van der Waals surface area contributed by atoms with Gasteiger partial charge in [0, 0.05) is 58.9 Å². The van der Waals surface area contributed by atoms with Crippen LogP contribution in [-0.4, -0.2) is 119 Å². The minimum Gasteiger partial charge on any atom is -0.379 e. The van der Waals surface area contributed by atoms with Gasteiger partial charge in [-0.25, -0.2) is 8.42 Å². The van der Waals surface area contributed by atoms with E-state index in [2.05, 4.69) is 29.0 Å². The van der Waals surface area contributed by atoms with Crippen molar-refractivity contribution in [3.63, 3.8) is 0 Å². The Bertz CT molecular complexity index is 615. The summed E-state index contributed by atoms with van der Waals surface area (Å²) in [5.74, 6) is 1.38. The Labute approximate surface area is 182 Å². The van der Waals surface area contributed by atoms with Crippen LogP contribution in [0.4, 0.5) is 0 Å². The molecule has 0 bridgehead atoms. The molecule has 2 heterocycles. The molecular formula is C20H41N5O4S. The molecule has 9 nitrogen and oxygen atoms in total. The van der Waals surface area contributed by atoms with Crippen LogP contribution in [0.25, 0.3) is 0 Å². The summed E-state index contributed by atoms with van der Waals surface area (Å²) in [6, 6.07) is 0. The van der Waals surface area contributed by atoms with E-state index in [1.807, 2.05) is 13.8 Å². The molecule has 0 aromatic rings. The fourth-order valence-electron chi connectivity index (χ4n) is 3.65. The topological polar surface area (TPSA) is 86.7 Å². The molecule has 2 aliphatic heterocycles. The first-order chi connectivity index (χ1) is 14.3. The molecule has 2 aliphatic rings. The molecule has 10 heteroatoms. The highest BCUT2D eigenvalue weighted by Crippen LogP contribution is 2.10. The fraction of sp³-hybridized carbons (Fsp3) is 0.950. The van der Waals surface area contributed by atoms with Crippen molar-refractivity contribution in [2.24, 2.45) is 10.9 Å². The van der Waals surface area contributed by atoms with Crippen molar-refractivity contribution in [3.8, 4) is 0 Å². The lowest BCUT2D eigenvalue weighted by atomic mass is 10.1. The Hall–Kier alpha value is -0.940. The van der Waals surface area contributed by atoms with Gasteiger partial charge in [-0.3, -0.25) is 9.89 Å². The SMILES string of the molecule is CCNC(=NCC(C)CN1CCOCC1)N1CCN(S(=O)(=O)CCOC(C)C)CC1. The second kappa shape index (κ2) is 12.8. The Morgan fingerprint density at radius 1 is 1.10 bits per heavy atom. The van der Waals surface area contributed by atoms with Crippen LogP contribution in [0, 0.1) is 5.92 Å². The van der Waals surface area contributed by atoms with E-state index >= 15 is 0 Å². The standard InChI is InChI=1S/C20H41N5O4S/c1-5-21-20(22-16-19(4)17-23-10-12-28-13-11-23)24-6-8-25(9-7-24)30(26,27)15-14-29-18(2)3/h18-19H,5-17H2,1-4H3,(H,21,22). The van der Waals surface area contributed by atoms with Crippen LogP contribution in [0.15, 0.2) is 4.99 Å². The summed E-state index contributed by atoms with van der Waals surface area (Å²) in [4.78, 5) is 9.45. The van der Waals surface area contributed by atoms with E-state index < -0.39 is 10.0 Å². The van der Waals surface area contributed by atoms with Crippen molar-refractivity contribution in [2.75, 3.05) is 84.5 Å². The van der Waals surface area contributed by atoms with Crippen molar-refractivity contribution >= 4 is 16.0 Å². The highest BCUT2D eigenvalue weighted by atomic mass is 32.2. The van der Waals surface area contributed by atoms with Crippen LogP contribution in [0.5, 0.6) is 0 Å². The number of hydrogen-bond donors (Lipinski definition) is 1. The van der Waals surface area contributed by atoms with Crippen molar-refractivity contribution in [1.82, 2.24) is 19.4 Å². The van der Waals surface area contributed by atoms with Crippen LogP contribution in [0.2, 0.25) is 0 Å². The number of morpholine rings is 1. The maximum Gasteiger partial charge on any atom is 0.216 e. The average molecular weight is 448 g/mol. The summed E-state index contributed by atoms with van der Waals surface area (Å²) < 4.78 is 37.5. The summed E-state index contributed by atoms with van der Waals surface area (Å²) in [5.41, 5.74) is 0. The van der Waals surface area contributed by atoms with Gasteiger partial charge in [0.1, 0.15) is 0 Å². The maximum absolute atomic E-state index is 12.5. The minimum atomic E-state index is -3.28. The molecule has 1 unspecified atom stereocenters. The van der Waals surface area contributed by atoms with E-state index in [0.29, 0.717) is 32.1 Å². The van der Waals surface area contributed by atoms with Gasteiger partial charge in [0.05, 0.1) is 31.7 Å². The maximum atomic E-state index is 12.5. The summed E-state index contributed by atoms with van der Waals surface area (Å²) >= 11 is 0. The van der Waals surface area contributed by atoms with Gasteiger partial charge < -0.3 is 19.7 Å². The summed E-state index contributed by atoms with van der Waals surface area (Å²) in [6.45, 7) is 16.8. The lowest BCUT2D eigenvalue weighted by Crippen LogP contribution is -2.54. The van der Waals surface area contributed by atoms with Gasteiger partial charge >= 0.3 is 0 Å². The van der Waals surface area contributed by atoms with Gasteiger partial charge in [0.25, 0.3) is 0 Å². The summed E-state index contributed by atoms with van der Waals surface area (Å²) in [7, 11) is -3.28. The lowest BCUT2D eigenvalue weighted by Gasteiger charge is -2.36. The Kier molecular flexibility index (Phi) is 10.8. The van der Waals surface area contributed by atoms with Crippen LogP contribution in [0.3, 0.4) is 0 Å². The van der Waals surface area contributed by atoms with Gasteiger partial charge in [-0.2, -0.15) is 4.31 Å².